The number of aromatic nitrogens is 1. The Bertz CT molecular complexity index is 1110. The smallest absolute Gasteiger partial charge is 0.265 e. The van der Waals surface area contributed by atoms with Gasteiger partial charge in [-0.05, 0) is 37.5 Å². The third-order valence-electron chi connectivity index (χ3n) is 9.65. The second-order valence-corrected chi connectivity index (χ2v) is 13.9. The standard InChI is InChI=1S/C29H43N5O5S/c1-18(39-13-19-8-6-5-7-9-19)23(25(36)30-4)32-24(35)21-12-33(27(38)22-11-31-17-40-22)14-29(21)15-34(16-29)26(37)20-10-28(20,2)3/h11,17-21,23H,5-10,12-16H2,1-4H3,(H,30,36)(H,32,35)/t18-,20-,21+,23+/m1/s1. The molecular formula is C29H43N5O5S. The monoisotopic (exact) mass is 573 g/mol. The van der Waals surface area contributed by atoms with Crippen molar-refractivity contribution in [3.63, 3.8) is 0 Å². The van der Waals surface area contributed by atoms with Crippen LogP contribution in [-0.2, 0) is 19.1 Å². The van der Waals surface area contributed by atoms with E-state index in [9.17, 15) is 19.2 Å². The SMILES string of the molecule is CNC(=O)[C@@H](NC(=O)[C@@H]1CN(C(=O)c2cncs2)CC12CN(C(=O)[C@H]1CC1(C)C)C2)[C@@H](C)OCC1CCCCC1. The van der Waals surface area contributed by atoms with Crippen LogP contribution in [0.15, 0.2) is 11.7 Å². The summed E-state index contributed by atoms with van der Waals surface area (Å²) in [5, 5.41) is 5.65. The van der Waals surface area contributed by atoms with Crippen molar-refractivity contribution < 1.29 is 23.9 Å². The Balaban J connectivity index is 1.28. The molecular weight excluding hydrogens is 530 g/mol. The zero-order chi connectivity index (χ0) is 28.7. The number of likely N-dealkylation sites (tertiary alicyclic amines) is 2. The highest BCUT2D eigenvalue weighted by Gasteiger charge is 2.62. The van der Waals surface area contributed by atoms with Crippen molar-refractivity contribution >= 4 is 35.0 Å². The van der Waals surface area contributed by atoms with Crippen molar-refractivity contribution in [2.45, 2.75) is 71.4 Å². The number of rotatable bonds is 9. The van der Waals surface area contributed by atoms with Crippen LogP contribution >= 0.6 is 11.3 Å². The summed E-state index contributed by atoms with van der Waals surface area (Å²) in [5.74, 6) is -0.647. The lowest BCUT2D eigenvalue weighted by Gasteiger charge is -2.50. The molecule has 4 fully saturated rings. The molecule has 0 aromatic carbocycles. The topological polar surface area (TPSA) is 121 Å². The lowest BCUT2D eigenvalue weighted by atomic mass is 9.70. The quantitative estimate of drug-likeness (QED) is 0.468. The van der Waals surface area contributed by atoms with Crippen molar-refractivity contribution in [3.8, 4) is 0 Å². The van der Waals surface area contributed by atoms with Gasteiger partial charge in [-0.15, -0.1) is 11.3 Å². The summed E-state index contributed by atoms with van der Waals surface area (Å²) < 4.78 is 6.13. The van der Waals surface area contributed by atoms with Crippen LogP contribution in [0.4, 0.5) is 0 Å². The molecule has 1 aromatic rings. The van der Waals surface area contributed by atoms with E-state index in [4.69, 9.17) is 4.74 Å². The molecule has 1 spiro atoms. The summed E-state index contributed by atoms with van der Waals surface area (Å²) in [6.45, 7) is 8.08. The second kappa shape index (κ2) is 11.4. The minimum atomic E-state index is -0.852. The van der Waals surface area contributed by atoms with Gasteiger partial charge in [-0.3, -0.25) is 24.2 Å². The molecule has 11 heteroatoms. The molecule has 4 atom stereocenters. The van der Waals surface area contributed by atoms with Gasteiger partial charge in [-0.25, -0.2) is 0 Å². The predicted octanol–water partition coefficient (Wildman–Crippen LogP) is 2.31. The highest BCUT2D eigenvalue weighted by atomic mass is 32.1. The Morgan fingerprint density at radius 3 is 2.38 bits per heavy atom. The van der Waals surface area contributed by atoms with E-state index >= 15 is 0 Å². The van der Waals surface area contributed by atoms with E-state index in [1.54, 1.807) is 23.7 Å². The molecule has 4 aliphatic rings. The van der Waals surface area contributed by atoms with Crippen LogP contribution in [0.5, 0.6) is 0 Å². The summed E-state index contributed by atoms with van der Waals surface area (Å²) in [6, 6.07) is -0.852. The van der Waals surface area contributed by atoms with E-state index in [0.29, 0.717) is 37.0 Å². The van der Waals surface area contributed by atoms with Crippen molar-refractivity contribution in [1.29, 1.82) is 0 Å². The van der Waals surface area contributed by atoms with Crippen LogP contribution < -0.4 is 10.6 Å². The number of ether oxygens (including phenoxy) is 1. The zero-order valence-electron chi connectivity index (χ0n) is 24.1. The van der Waals surface area contributed by atoms with E-state index in [2.05, 4.69) is 29.5 Å². The maximum atomic E-state index is 13.9. The molecule has 0 unspecified atom stereocenters. The van der Waals surface area contributed by atoms with Gasteiger partial charge in [-0.2, -0.15) is 0 Å². The summed E-state index contributed by atoms with van der Waals surface area (Å²) in [5.41, 5.74) is 1.10. The van der Waals surface area contributed by atoms with E-state index in [0.717, 1.165) is 19.3 Å². The number of likely N-dealkylation sites (N-methyl/N-ethyl adjacent to an activating group) is 1. The van der Waals surface area contributed by atoms with Gasteiger partial charge < -0.3 is 25.2 Å². The van der Waals surface area contributed by atoms with Crippen LogP contribution in [-0.4, -0.2) is 90.4 Å². The molecule has 0 bridgehead atoms. The molecule has 3 heterocycles. The van der Waals surface area contributed by atoms with Gasteiger partial charge >= 0.3 is 0 Å². The van der Waals surface area contributed by atoms with Crippen LogP contribution in [0.1, 0.15) is 69.0 Å². The molecule has 4 amide bonds. The first-order valence-corrected chi connectivity index (χ1v) is 15.5. The molecule has 40 heavy (non-hydrogen) atoms. The number of nitrogens with zero attached hydrogens (tertiary/aromatic N) is 3. The predicted molar refractivity (Wildman–Crippen MR) is 150 cm³/mol. The summed E-state index contributed by atoms with van der Waals surface area (Å²) >= 11 is 1.27. The lowest BCUT2D eigenvalue weighted by molar-refractivity contribution is -0.152. The highest BCUT2D eigenvalue weighted by molar-refractivity contribution is 7.11. The van der Waals surface area contributed by atoms with Crippen molar-refractivity contribution in [3.05, 3.63) is 16.6 Å². The van der Waals surface area contributed by atoms with Gasteiger partial charge in [0, 0.05) is 51.2 Å². The Morgan fingerprint density at radius 1 is 1.10 bits per heavy atom. The van der Waals surface area contributed by atoms with E-state index in [1.165, 1.54) is 30.6 Å². The molecule has 2 aliphatic heterocycles. The highest BCUT2D eigenvalue weighted by Crippen LogP contribution is 2.54. The first-order valence-electron chi connectivity index (χ1n) is 14.6. The molecule has 220 valence electrons. The largest absolute Gasteiger partial charge is 0.376 e. The average molecular weight is 574 g/mol. The molecule has 1 aromatic heterocycles. The third-order valence-corrected chi connectivity index (χ3v) is 10.4. The third kappa shape index (κ3) is 5.77. The van der Waals surface area contributed by atoms with E-state index < -0.39 is 23.5 Å². The molecule has 2 N–H and O–H groups in total. The van der Waals surface area contributed by atoms with Gasteiger partial charge in [0.15, 0.2) is 0 Å². The van der Waals surface area contributed by atoms with Crippen molar-refractivity contribution in [2.75, 3.05) is 39.8 Å². The number of thiazole rings is 1. The fraction of sp³-hybridized carbons (Fsp3) is 0.759. The lowest BCUT2D eigenvalue weighted by Crippen LogP contribution is -2.65. The van der Waals surface area contributed by atoms with Crippen LogP contribution in [0, 0.1) is 28.6 Å². The molecule has 2 saturated heterocycles. The Hall–Kier alpha value is -2.53. The fourth-order valence-corrected chi connectivity index (χ4v) is 7.39. The zero-order valence-corrected chi connectivity index (χ0v) is 24.9. The number of hydrogen-bond donors (Lipinski definition) is 2. The maximum Gasteiger partial charge on any atom is 0.265 e. The van der Waals surface area contributed by atoms with Gasteiger partial charge in [0.1, 0.15) is 10.9 Å². The Kier molecular flexibility index (Phi) is 8.25. The number of hydrogen-bond acceptors (Lipinski definition) is 7. The van der Waals surface area contributed by atoms with Crippen LogP contribution in [0.25, 0.3) is 0 Å². The van der Waals surface area contributed by atoms with Crippen LogP contribution in [0.2, 0.25) is 0 Å². The Labute approximate surface area is 240 Å². The van der Waals surface area contributed by atoms with Crippen molar-refractivity contribution in [2.24, 2.45) is 28.6 Å². The summed E-state index contributed by atoms with van der Waals surface area (Å²) in [4.78, 5) is 61.2. The van der Waals surface area contributed by atoms with Crippen LogP contribution in [0.3, 0.4) is 0 Å². The van der Waals surface area contributed by atoms with E-state index in [1.807, 2.05) is 11.8 Å². The molecule has 2 aliphatic carbocycles. The Morgan fingerprint density at radius 2 is 1.77 bits per heavy atom. The number of nitrogens with one attached hydrogen (secondary N) is 2. The summed E-state index contributed by atoms with van der Waals surface area (Å²) in [6.07, 6.45) is 7.85. The molecule has 0 radical (unpaired) electrons. The average Bonchev–Trinajstić information content (AvgIpc) is 3.30. The minimum absolute atomic E-state index is 0.0215. The van der Waals surface area contributed by atoms with E-state index in [-0.39, 0.29) is 41.5 Å². The number of carbonyl (C=O) groups is 4. The number of carbonyl (C=O) groups excluding carboxylic acids is 4. The van der Waals surface area contributed by atoms with Gasteiger partial charge in [-0.1, -0.05) is 33.1 Å². The fourth-order valence-electron chi connectivity index (χ4n) is 6.80. The molecule has 10 nitrogen and oxygen atoms in total. The maximum absolute atomic E-state index is 13.9. The molecule has 5 rings (SSSR count). The van der Waals surface area contributed by atoms with Gasteiger partial charge in [0.05, 0.1) is 23.7 Å². The first-order chi connectivity index (χ1) is 19.0. The van der Waals surface area contributed by atoms with Gasteiger partial charge in [0.25, 0.3) is 5.91 Å². The normalized spacial score (nSPS) is 26.6. The first kappa shape index (κ1) is 29.0. The summed E-state index contributed by atoms with van der Waals surface area (Å²) in [7, 11) is 1.55. The van der Waals surface area contributed by atoms with Crippen molar-refractivity contribution in [1.82, 2.24) is 25.4 Å². The minimum Gasteiger partial charge on any atom is -0.376 e. The molecule has 2 saturated carbocycles. The number of amides is 4. The second-order valence-electron chi connectivity index (χ2n) is 13.0. The van der Waals surface area contributed by atoms with Gasteiger partial charge in [0.2, 0.25) is 17.7 Å².